The topological polar surface area (TPSA) is 55.1 Å². The van der Waals surface area contributed by atoms with E-state index in [1.807, 2.05) is 0 Å². The highest BCUT2D eigenvalue weighted by Gasteiger charge is 2.06. The molecule has 12 heavy (non-hydrogen) atoms. The molecule has 0 unspecified atom stereocenters. The number of rotatable bonds is 2. The summed E-state index contributed by atoms with van der Waals surface area (Å²) in [7, 11) is 0. The number of carbonyl (C=O) groups is 1. The molecule has 0 bridgehead atoms. The molecule has 0 aliphatic carbocycles. The van der Waals surface area contributed by atoms with Crippen LogP contribution in [0.2, 0.25) is 0 Å². The lowest BCUT2D eigenvalue weighted by Gasteiger charge is -1.98. The molecule has 0 aromatic carbocycles. The summed E-state index contributed by atoms with van der Waals surface area (Å²) in [6.07, 6.45) is 6.63. The Morgan fingerprint density at radius 2 is 2.58 bits per heavy atom. The standard InChI is InChI=1S/C8H8N2O2/c1-3-7-4-9-10(6(7)2)5-8(11)12/h1,4H,5H2,2H3,(H,11,12). The first-order valence-corrected chi connectivity index (χ1v) is 3.36. The van der Waals surface area contributed by atoms with Gasteiger partial charge in [-0.3, -0.25) is 9.48 Å². The zero-order valence-electron chi connectivity index (χ0n) is 6.61. The molecule has 0 saturated heterocycles. The van der Waals surface area contributed by atoms with Gasteiger partial charge in [0.2, 0.25) is 0 Å². The van der Waals surface area contributed by atoms with Gasteiger partial charge in [0, 0.05) is 0 Å². The normalized spacial score (nSPS) is 9.33. The minimum atomic E-state index is -0.926. The van der Waals surface area contributed by atoms with Crippen molar-refractivity contribution in [2.45, 2.75) is 13.5 Å². The molecule has 62 valence electrons. The van der Waals surface area contributed by atoms with Crippen molar-refractivity contribution in [2.24, 2.45) is 0 Å². The van der Waals surface area contributed by atoms with Crippen molar-refractivity contribution >= 4 is 5.97 Å². The van der Waals surface area contributed by atoms with Gasteiger partial charge in [-0.15, -0.1) is 6.42 Å². The summed E-state index contributed by atoms with van der Waals surface area (Å²) in [6.45, 7) is 1.60. The van der Waals surface area contributed by atoms with Crippen LogP contribution in [0.3, 0.4) is 0 Å². The number of aliphatic carboxylic acids is 1. The Bertz CT molecular complexity index is 346. The third-order valence-corrected chi connectivity index (χ3v) is 1.54. The second-order valence-electron chi connectivity index (χ2n) is 2.34. The monoisotopic (exact) mass is 164 g/mol. The largest absolute Gasteiger partial charge is 0.480 e. The fourth-order valence-corrected chi connectivity index (χ4v) is 0.876. The SMILES string of the molecule is C#Cc1cnn(CC(=O)O)c1C. The Labute approximate surface area is 69.8 Å². The molecule has 0 fully saturated rings. The highest BCUT2D eigenvalue weighted by Crippen LogP contribution is 2.04. The number of aromatic nitrogens is 2. The van der Waals surface area contributed by atoms with E-state index in [9.17, 15) is 4.79 Å². The van der Waals surface area contributed by atoms with Gasteiger partial charge < -0.3 is 5.11 Å². The number of hydrogen-bond acceptors (Lipinski definition) is 2. The van der Waals surface area contributed by atoms with Gasteiger partial charge >= 0.3 is 5.97 Å². The molecule has 0 amide bonds. The summed E-state index contributed by atoms with van der Waals surface area (Å²) in [5.74, 6) is 1.49. The van der Waals surface area contributed by atoms with E-state index in [0.717, 1.165) is 0 Å². The Hall–Kier alpha value is -1.76. The van der Waals surface area contributed by atoms with Crippen molar-refractivity contribution in [1.82, 2.24) is 9.78 Å². The summed E-state index contributed by atoms with van der Waals surface area (Å²) in [5, 5.41) is 12.3. The molecular weight excluding hydrogens is 156 g/mol. The number of carboxylic acids is 1. The maximum atomic E-state index is 10.3. The molecule has 4 nitrogen and oxygen atoms in total. The average Bonchev–Trinajstić information content (AvgIpc) is 2.32. The molecule has 0 saturated carbocycles. The van der Waals surface area contributed by atoms with Gasteiger partial charge in [0.05, 0.1) is 17.5 Å². The summed E-state index contributed by atoms with van der Waals surface area (Å²) < 4.78 is 1.36. The fraction of sp³-hybridized carbons (Fsp3) is 0.250. The Morgan fingerprint density at radius 3 is 3.00 bits per heavy atom. The molecule has 0 spiro atoms. The summed E-state index contributed by atoms with van der Waals surface area (Å²) >= 11 is 0. The smallest absolute Gasteiger partial charge is 0.325 e. The van der Waals surface area contributed by atoms with Crippen LogP contribution in [0.1, 0.15) is 11.3 Å². The van der Waals surface area contributed by atoms with Crippen LogP contribution in [0.25, 0.3) is 0 Å². The van der Waals surface area contributed by atoms with E-state index in [1.165, 1.54) is 10.9 Å². The quantitative estimate of drug-likeness (QED) is 0.638. The first kappa shape index (κ1) is 8.34. The van der Waals surface area contributed by atoms with E-state index < -0.39 is 5.97 Å². The third kappa shape index (κ3) is 1.45. The van der Waals surface area contributed by atoms with Gasteiger partial charge in [-0.25, -0.2) is 0 Å². The molecule has 0 aliphatic heterocycles. The summed E-state index contributed by atoms with van der Waals surface area (Å²) in [4.78, 5) is 10.3. The van der Waals surface area contributed by atoms with Gasteiger partial charge in [0.25, 0.3) is 0 Å². The van der Waals surface area contributed by atoms with E-state index in [4.69, 9.17) is 11.5 Å². The third-order valence-electron chi connectivity index (χ3n) is 1.54. The van der Waals surface area contributed by atoms with Gasteiger partial charge in [-0.05, 0) is 6.92 Å². The first-order valence-electron chi connectivity index (χ1n) is 3.36. The zero-order valence-corrected chi connectivity index (χ0v) is 6.61. The Morgan fingerprint density at radius 1 is 1.92 bits per heavy atom. The molecule has 0 aliphatic rings. The van der Waals surface area contributed by atoms with Crippen LogP contribution < -0.4 is 0 Å². The first-order chi connectivity index (χ1) is 5.65. The minimum absolute atomic E-state index is 0.145. The number of terminal acetylenes is 1. The predicted octanol–water partition coefficient (Wildman–Crippen LogP) is 0.257. The van der Waals surface area contributed by atoms with Crippen molar-refractivity contribution in [3.05, 3.63) is 17.5 Å². The van der Waals surface area contributed by atoms with Crippen LogP contribution in [-0.4, -0.2) is 20.9 Å². The van der Waals surface area contributed by atoms with Gasteiger partial charge in [0.1, 0.15) is 6.54 Å². The maximum Gasteiger partial charge on any atom is 0.325 e. The molecule has 1 N–H and O–H groups in total. The van der Waals surface area contributed by atoms with Gasteiger partial charge in [0.15, 0.2) is 0 Å². The molecular formula is C8H8N2O2. The fourth-order valence-electron chi connectivity index (χ4n) is 0.876. The van der Waals surface area contributed by atoms with Gasteiger partial charge in [-0.2, -0.15) is 5.10 Å². The van der Waals surface area contributed by atoms with E-state index in [2.05, 4.69) is 11.0 Å². The van der Waals surface area contributed by atoms with Crippen LogP contribution in [0.5, 0.6) is 0 Å². The second kappa shape index (κ2) is 3.09. The van der Waals surface area contributed by atoms with Crippen LogP contribution in [0, 0.1) is 19.3 Å². The molecule has 1 aromatic rings. The molecule has 0 radical (unpaired) electrons. The van der Waals surface area contributed by atoms with E-state index in [1.54, 1.807) is 6.92 Å². The van der Waals surface area contributed by atoms with Crippen molar-refractivity contribution in [1.29, 1.82) is 0 Å². The van der Waals surface area contributed by atoms with Crippen molar-refractivity contribution in [3.8, 4) is 12.3 Å². The second-order valence-corrected chi connectivity index (χ2v) is 2.34. The van der Waals surface area contributed by atoms with Crippen LogP contribution >= 0.6 is 0 Å². The number of hydrogen-bond donors (Lipinski definition) is 1. The zero-order chi connectivity index (χ0) is 9.14. The molecule has 1 rings (SSSR count). The summed E-state index contributed by atoms with van der Waals surface area (Å²) in [6, 6.07) is 0. The van der Waals surface area contributed by atoms with E-state index in [0.29, 0.717) is 11.3 Å². The molecule has 4 heteroatoms. The molecule has 0 atom stereocenters. The number of nitrogens with zero attached hydrogens (tertiary/aromatic N) is 2. The highest BCUT2D eigenvalue weighted by molar-refractivity contribution is 5.66. The lowest BCUT2D eigenvalue weighted by atomic mass is 10.3. The van der Waals surface area contributed by atoms with Crippen LogP contribution in [-0.2, 0) is 11.3 Å². The number of carboxylic acid groups (broad SMARTS) is 1. The van der Waals surface area contributed by atoms with E-state index in [-0.39, 0.29) is 6.54 Å². The lowest BCUT2D eigenvalue weighted by molar-refractivity contribution is -0.137. The summed E-state index contributed by atoms with van der Waals surface area (Å²) in [5.41, 5.74) is 1.34. The van der Waals surface area contributed by atoms with E-state index >= 15 is 0 Å². The van der Waals surface area contributed by atoms with Crippen LogP contribution in [0.4, 0.5) is 0 Å². The Balaban J connectivity index is 2.96. The minimum Gasteiger partial charge on any atom is -0.480 e. The Kier molecular flexibility index (Phi) is 2.15. The van der Waals surface area contributed by atoms with Crippen molar-refractivity contribution in [3.63, 3.8) is 0 Å². The van der Waals surface area contributed by atoms with Crippen molar-refractivity contribution in [2.75, 3.05) is 0 Å². The average molecular weight is 164 g/mol. The molecule has 1 heterocycles. The van der Waals surface area contributed by atoms with Crippen molar-refractivity contribution < 1.29 is 9.90 Å². The predicted molar refractivity (Wildman–Crippen MR) is 42.5 cm³/mol. The highest BCUT2D eigenvalue weighted by atomic mass is 16.4. The lowest BCUT2D eigenvalue weighted by Crippen LogP contribution is -2.11. The van der Waals surface area contributed by atoms with Gasteiger partial charge in [-0.1, -0.05) is 5.92 Å². The molecule has 1 aromatic heterocycles. The van der Waals surface area contributed by atoms with Crippen LogP contribution in [0.15, 0.2) is 6.20 Å². The maximum absolute atomic E-state index is 10.3.